The van der Waals surface area contributed by atoms with Crippen molar-refractivity contribution in [3.05, 3.63) is 17.3 Å². The average molecular weight is 177 g/mol. The summed E-state index contributed by atoms with van der Waals surface area (Å²) in [6, 6.07) is 1.98. The number of aromatic nitrogens is 2. The first-order valence-electron chi connectivity index (χ1n) is 4.93. The van der Waals surface area contributed by atoms with Crippen molar-refractivity contribution in [2.75, 3.05) is 5.73 Å². The molecule has 1 aromatic heterocycles. The lowest BCUT2D eigenvalue weighted by atomic mass is 9.85. The number of aryl methyl sites for hydroxylation is 1. The largest absolute Gasteiger partial charge is 0.382 e. The van der Waals surface area contributed by atoms with Gasteiger partial charge in [0.25, 0.3) is 0 Å². The van der Waals surface area contributed by atoms with Crippen molar-refractivity contribution in [2.24, 2.45) is 0 Å². The Hall–Kier alpha value is -1.12. The summed E-state index contributed by atoms with van der Waals surface area (Å²) in [5, 5.41) is 8.11. The number of fused-ring (bicyclic) bond motifs is 1. The van der Waals surface area contributed by atoms with Crippen LogP contribution in [0.5, 0.6) is 0 Å². The maximum Gasteiger partial charge on any atom is 0.146 e. The van der Waals surface area contributed by atoms with E-state index in [1.165, 1.54) is 24.1 Å². The van der Waals surface area contributed by atoms with Gasteiger partial charge in [-0.1, -0.05) is 6.92 Å². The van der Waals surface area contributed by atoms with Gasteiger partial charge in [-0.05, 0) is 37.3 Å². The monoisotopic (exact) mass is 177 g/mol. The summed E-state index contributed by atoms with van der Waals surface area (Å²) >= 11 is 0. The van der Waals surface area contributed by atoms with Crippen LogP contribution < -0.4 is 5.73 Å². The van der Waals surface area contributed by atoms with Crippen LogP contribution in [0, 0.1) is 0 Å². The summed E-state index contributed by atoms with van der Waals surface area (Å²) in [5.41, 5.74) is 8.09. The Balaban J connectivity index is 2.40. The smallest absolute Gasteiger partial charge is 0.146 e. The van der Waals surface area contributed by atoms with Gasteiger partial charge < -0.3 is 5.73 Å². The van der Waals surface area contributed by atoms with E-state index in [-0.39, 0.29) is 0 Å². The standard InChI is InChI=1S/C10H15N3/c1-2-7-4-3-5-8-6-9(11)12-13-10(7)8/h6-7H,2-5H2,1H3,(H2,11,12). The molecule has 0 fully saturated rings. The van der Waals surface area contributed by atoms with Crippen LogP contribution in [0.4, 0.5) is 5.82 Å². The Morgan fingerprint density at radius 1 is 1.54 bits per heavy atom. The fraction of sp³-hybridized carbons (Fsp3) is 0.600. The Labute approximate surface area is 78.4 Å². The molecule has 0 saturated heterocycles. The summed E-state index contributed by atoms with van der Waals surface area (Å²) in [6.07, 6.45) is 4.79. The van der Waals surface area contributed by atoms with Crippen molar-refractivity contribution >= 4 is 5.82 Å². The van der Waals surface area contributed by atoms with Gasteiger partial charge in [-0.3, -0.25) is 0 Å². The van der Waals surface area contributed by atoms with Crippen LogP contribution >= 0.6 is 0 Å². The van der Waals surface area contributed by atoms with Crippen LogP contribution in [0.15, 0.2) is 6.07 Å². The van der Waals surface area contributed by atoms with Gasteiger partial charge in [-0.2, -0.15) is 5.10 Å². The maximum absolute atomic E-state index is 5.60. The molecule has 0 aromatic carbocycles. The molecule has 1 aliphatic carbocycles. The van der Waals surface area contributed by atoms with E-state index in [0.717, 1.165) is 12.8 Å². The summed E-state index contributed by atoms with van der Waals surface area (Å²) in [4.78, 5) is 0. The lowest BCUT2D eigenvalue weighted by molar-refractivity contribution is 0.518. The van der Waals surface area contributed by atoms with Gasteiger partial charge in [0.1, 0.15) is 5.82 Å². The molecular formula is C10H15N3. The number of hydrogen-bond acceptors (Lipinski definition) is 3. The van der Waals surface area contributed by atoms with Crippen molar-refractivity contribution in [2.45, 2.75) is 38.5 Å². The molecule has 2 N–H and O–H groups in total. The zero-order chi connectivity index (χ0) is 9.26. The second-order valence-corrected chi connectivity index (χ2v) is 3.68. The van der Waals surface area contributed by atoms with Crippen LogP contribution in [0.2, 0.25) is 0 Å². The fourth-order valence-electron chi connectivity index (χ4n) is 2.07. The van der Waals surface area contributed by atoms with Crippen LogP contribution in [0.25, 0.3) is 0 Å². The zero-order valence-corrected chi connectivity index (χ0v) is 7.95. The SMILES string of the molecule is CCC1CCCc2cc(N)nnc21. The third-order valence-electron chi connectivity index (χ3n) is 2.80. The fourth-order valence-corrected chi connectivity index (χ4v) is 2.07. The molecule has 1 aromatic rings. The summed E-state index contributed by atoms with van der Waals surface area (Å²) in [5.74, 6) is 1.16. The first-order chi connectivity index (χ1) is 6.31. The first-order valence-corrected chi connectivity index (χ1v) is 4.93. The second kappa shape index (κ2) is 3.32. The molecule has 13 heavy (non-hydrogen) atoms. The van der Waals surface area contributed by atoms with Crippen molar-refractivity contribution < 1.29 is 0 Å². The Bertz CT molecular complexity index is 309. The average Bonchev–Trinajstić information content (AvgIpc) is 2.16. The van der Waals surface area contributed by atoms with Crippen LogP contribution in [-0.2, 0) is 6.42 Å². The molecule has 1 atom stereocenters. The molecule has 0 amide bonds. The molecule has 1 heterocycles. The Morgan fingerprint density at radius 3 is 3.15 bits per heavy atom. The Kier molecular flexibility index (Phi) is 2.17. The quantitative estimate of drug-likeness (QED) is 0.712. The molecule has 70 valence electrons. The molecule has 0 radical (unpaired) electrons. The van der Waals surface area contributed by atoms with Gasteiger partial charge >= 0.3 is 0 Å². The highest BCUT2D eigenvalue weighted by atomic mass is 15.1. The summed E-state index contributed by atoms with van der Waals surface area (Å²) in [6.45, 7) is 2.21. The molecule has 0 aliphatic heterocycles. The van der Waals surface area contributed by atoms with Crippen LogP contribution in [0.3, 0.4) is 0 Å². The van der Waals surface area contributed by atoms with Gasteiger partial charge in [-0.25, -0.2) is 0 Å². The summed E-state index contributed by atoms with van der Waals surface area (Å²) in [7, 11) is 0. The molecule has 0 bridgehead atoms. The van der Waals surface area contributed by atoms with Crippen LogP contribution in [-0.4, -0.2) is 10.2 Å². The molecular weight excluding hydrogens is 162 g/mol. The first kappa shape index (κ1) is 8.48. The number of anilines is 1. The maximum atomic E-state index is 5.60. The van der Waals surface area contributed by atoms with E-state index in [1.807, 2.05) is 6.07 Å². The molecule has 1 unspecified atom stereocenters. The second-order valence-electron chi connectivity index (χ2n) is 3.68. The lowest BCUT2D eigenvalue weighted by Gasteiger charge is -2.22. The van der Waals surface area contributed by atoms with E-state index in [0.29, 0.717) is 11.7 Å². The molecule has 3 heteroatoms. The highest BCUT2D eigenvalue weighted by Crippen LogP contribution is 2.32. The number of hydrogen-bond donors (Lipinski definition) is 1. The van der Waals surface area contributed by atoms with Crippen molar-refractivity contribution in [3.63, 3.8) is 0 Å². The third-order valence-corrected chi connectivity index (χ3v) is 2.80. The molecule has 3 nitrogen and oxygen atoms in total. The van der Waals surface area contributed by atoms with Crippen LogP contribution in [0.1, 0.15) is 43.4 Å². The molecule has 2 rings (SSSR count). The van der Waals surface area contributed by atoms with E-state index in [9.17, 15) is 0 Å². The predicted molar refractivity (Wildman–Crippen MR) is 52.4 cm³/mol. The third kappa shape index (κ3) is 1.50. The zero-order valence-electron chi connectivity index (χ0n) is 7.95. The molecule has 1 aliphatic rings. The highest BCUT2D eigenvalue weighted by molar-refractivity contribution is 5.35. The van der Waals surface area contributed by atoms with E-state index >= 15 is 0 Å². The van der Waals surface area contributed by atoms with Gasteiger partial charge in [0.2, 0.25) is 0 Å². The topological polar surface area (TPSA) is 51.8 Å². The van der Waals surface area contributed by atoms with E-state index in [2.05, 4.69) is 17.1 Å². The minimum atomic E-state index is 0.551. The van der Waals surface area contributed by atoms with Gasteiger partial charge in [0.05, 0.1) is 5.69 Å². The predicted octanol–water partition coefficient (Wildman–Crippen LogP) is 1.89. The van der Waals surface area contributed by atoms with E-state index in [1.54, 1.807) is 0 Å². The normalized spacial score (nSPS) is 21.2. The highest BCUT2D eigenvalue weighted by Gasteiger charge is 2.20. The minimum Gasteiger partial charge on any atom is -0.382 e. The number of rotatable bonds is 1. The van der Waals surface area contributed by atoms with Gasteiger partial charge in [0.15, 0.2) is 0 Å². The van der Waals surface area contributed by atoms with Crippen molar-refractivity contribution in [3.8, 4) is 0 Å². The Morgan fingerprint density at radius 2 is 2.38 bits per heavy atom. The van der Waals surface area contributed by atoms with Gasteiger partial charge in [0, 0.05) is 5.92 Å². The molecule has 0 saturated carbocycles. The number of nitrogens with two attached hydrogens (primary N) is 1. The van der Waals surface area contributed by atoms with Crippen molar-refractivity contribution in [1.29, 1.82) is 0 Å². The van der Waals surface area contributed by atoms with Gasteiger partial charge in [-0.15, -0.1) is 5.10 Å². The summed E-state index contributed by atoms with van der Waals surface area (Å²) < 4.78 is 0. The van der Waals surface area contributed by atoms with E-state index < -0.39 is 0 Å². The van der Waals surface area contributed by atoms with E-state index in [4.69, 9.17) is 5.73 Å². The molecule has 0 spiro atoms. The van der Waals surface area contributed by atoms with Crippen molar-refractivity contribution in [1.82, 2.24) is 10.2 Å². The lowest BCUT2D eigenvalue weighted by Crippen LogP contribution is -2.13. The minimum absolute atomic E-state index is 0.551. The number of nitrogens with zero attached hydrogens (tertiary/aromatic N) is 2. The number of nitrogen functional groups attached to an aromatic ring is 1.